The van der Waals surface area contributed by atoms with Crippen LogP contribution in [0.25, 0.3) is 10.9 Å². The van der Waals surface area contributed by atoms with Crippen LogP contribution in [0.1, 0.15) is 15.9 Å². The van der Waals surface area contributed by atoms with Crippen molar-refractivity contribution in [3.8, 4) is 0 Å². The predicted octanol–water partition coefficient (Wildman–Crippen LogP) is 4.93. The summed E-state index contributed by atoms with van der Waals surface area (Å²) in [6.45, 7) is 1.96. The summed E-state index contributed by atoms with van der Waals surface area (Å²) in [5.74, 6) is 0.327. The van der Waals surface area contributed by atoms with Crippen LogP contribution in [0.2, 0.25) is 0 Å². The molecule has 0 aliphatic carbocycles. The van der Waals surface area contributed by atoms with Crippen molar-refractivity contribution < 1.29 is 4.79 Å². The lowest BCUT2D eigenvalue weighted by molar-refractivity contribution is 0.102. The van der Waals surface area contributed by atoms with Crippen molar-refractivity contribution in [2.24, 2.45) is 0 Å². The summed E-state index contributed by atoms with van der Waals surface area (Å²) in [7, 11) is 0. The van der Waals surface area contributed by atoms with Gasteiger partial charge in [-0.15, -0.1) is 0 Å². The Morgan fingerprint density at radius 3 is 2.59 bits per heavy atom. The highest BCUT2D eigenvalue weighted by Crippen LogP contribution is 2.24. The number of benzene rings is 2. The highest BCUT2D eigenvalue weighted by atomic mass is 16.1. The van der Waals surface area contributed by atoms with Gasteiger partial charge in [0.1, 0.15) is 5.82 Å². The number of amides is 1. The largest absolute Gasteiger partial charge is 0.352 e. The molecule has 0 saturated carbocycles. The Labute approximate surface area is 157 Å². The van der Waals surface area contributed by atoms with Crippen molar-refractivity contribution in [3.05, 3.63) is 90.3 Å². The number of carbonyl (C=O) groups is 1. The summed E-state index contributed by atoms with van der Waals surface area (Å²) in [5.41, 5.74) is 4.28. The van der Waals surface area contributed by atoms with Crippen molar-refractivity contribution in [1.82, 2.24) is 9.97 Å². The van der Waals surface area contributed by atoms with Gasteiger partial charge < -0.3 is 10.6 Å². The van der Waals surface area contributed by atoms with Crippen LogP contribution in [0.3, 0.4) is 0 Å². The molecule has 1 amide bonds. The van der Waals surface area contributed by atoms with Crippen LogP contribution in [0.4, 0.5) is 17.2 Å². The van der Waals surface area contributed by atoms with E-state index in [1.165, 1.54) is 0 Å². The number of para-hydroxylation sites is 1. The number of nitrogens with one attached hydrogen (secondary N) is 2. The van der Waals surface area contributed by atoms with Crippen LogP contribution in [0.15, 0.2) is 79.1 Å². The van der Waals surface area contributed by atoms with Gasteiger partial charge >= 0.3 is 0 Å². The Balaban J connectivity index is 1.50. The van der Waals surface area contributed by atoms with Gasteiger partial charge in [-0.1, -0.05) is 35.9 Å². The molecule has 2 aromatic heterocycles. The maximum absolute atomic E-state index is 12.3. The van der Waals surface area contributed by atoms with E-state index in [0.717, 1.165) is 27.8 Å². The molecule has 4 aromatic rings. The first kappa shape index (κ1) is 16.7. The molecule has 2 N–H and O–H groups in total. The third-order valence-electron chi connectivity index (χ3n) is 4.20. The average Bonchev–Trinajstić information content (AvgIpc) is 2.70. The predicted molar refractivity (Wildman–Crippen MR) is 108 cm³/mol. The summed E-state index contributed by atoms with van der Waals surface area (Å²) in [6, 6.07) is 21.0. The van der Waals surface area contributed by atoms with Gasteiger partial charge in [0.2, 0.25) is 0 Å². The number of anilines is 3. The zero-order valence-electron chi connectivity index (χ0n) is 14.8. The van der Waals surface area contributed by atoms with Gasteiger partial charge in [-0.05, 0) is 43.3 Å². The molecule has 0 atom stereocenters. The number of hydrogen-bond donors (Lipinski definition) is 2. The van der Waals surface area contributed by atoms with Crippen LogP contribution >= 0.6 is 0 Å². The Morgan fingerprint density at radius 2 is 1.78 bits per heavy atom. The molecule has 0 spiro atoms. The molecule has 0 unspecified atom stereocenters. The number of rotatable bonds is 4. The molecule has 4 rings (SSSR count). The topological polar surface area (TPSA) is 66.9 Å². The molecular weight excluding hydrogens is 336 g/mol. The van der Waals surface area contributed by atoms with Crippen molar-refractivity contribution in [2.75, 3.05) is 10.6 Å². The minimum absolute atomic E-state index is 0.176. The Bertz CT molecular complexity index is 1100. The zero-order valence-corrected chi connectivity index (χ0v) is 14.8. The Kier molecular flexibility index (Phi) is 4.49. The Hall–Kier alpha value is -3.73. The molecule has 5 nitrogen and oxygen atoms in total. The maximum atomic E-state index is 12.3. The summed E-state index contributed by atoms with van der Waals surface area (Å²) in [4.78, 5) is 21.1. The molecule has 5 heteroatoms. The molecular formula is C22H18N4O. The van der Waals surface area contributed by atoms with Crippen LogP contribution < -0.4 is 10.6 Å². The molecule has 2 aromatic carbocycles. The van der Waals surface area contributed by atoms with Gasteiger partial charge in [0.25, 0.3) is 5.91 Å². The maximum Gasteiger partial charge on any atom is 0.256 e. The smallest absolute Gasteiger partial charge is 0.256 e. The van der Waals surface area contributed by atoms with Gasteiger partial charge in [-0.25, -0.2) is 4.98 Å². The van der Waals surface area contributed by atoms with Crippen LogP contribution in [-0.2, 0) is 0 Å². The van der Waals surface area contributed by atoms with Gasteiger partial charge in [0.05, 0.1) is 23.1 Å². The average molecular weight is 354 g/mol. The Morgan fingerprint density at radius 1 is 0.926 bits per heavy atom. The number of hydrogen-bond acceptors (Lipinski definition) is 4. The fourth-order valence-corrected chi connectivity index (χ4v) is 2.88. The van der Waals surface area contributed by atoms with E-state index in [2.05, 4.69) is 20.6 Å². The van der Waals surface area contributed by atoms with Crippen LogP contribution in [0, 0.1) is 6.92 Å². The highest BCUT2D eigenvalue weighted by Gasteiger charge is 2.07. The van der Waals surface area contributed by atoms with Crippen molar-refractivity contribution in [3.63, 3.8) is 0 Å². The standard InChI is InChI=1S/C22H18N4O/c1-15-5-2-7-17(13-15)22(27)26-20-11-10-18(14-24-20)25-19-9-3-6-16-8-4-12-23-21(16)19/h2-14,25H,1H3,(H,24,26,27). The van der Waals surface area contributed by atoms with Gasteiger partial charge in [0, 0.05) is 17.1 Å². The van der Waals surface area contributed by atoms with Gasteiger partial charge in [0.15, 0.2) is 0 Å². The van der Waals surface area contributed by atoms with E-state index in [1.54, 1.807) is 24.5 Å². The lowest BCUT2D eigenvalue weighted by atomic mass is 10.1. The molecule has 2 heterocycles. The molecule has 0 radical (unpaired) electrons. The summed E-state index contributed by atoms with van der Waals surface area (Å²) < 4.78 is 0. The summed E-state index contributed by atoms with van der Waals surface area (Å²) >= 11 is 0. The van der Waals surface area contributed by atoms with E-state index in [1.807, 2.05) is 61.5 Å². The fourth-order valence-electron chi connectivity index (χ4n) is 2.88. The third kappa shape index (κ3) is 3.77. The summed E-state index contributed by atoms with van der Waals surface area (Å²) in [6.07, 6.45) is 3.46. The molecule has 0 bridgehead atoms. The molecule has 0 saturated heterocycles. The number of carbonyl (C=O) groups excluding carboxylic acids is 1. The normalized spacial score (nSPS) is 10.6. The zero-order chi connectivity index (χ0) is 18.6. The molecule has 27 heavy (non-hydrogen) atoms. The van der Waals surface area contributed by atoms with Gasteiger partial charge in [-0.2, -0.15) is 0 Å². The van der Waals surface area contributed by atoms with E-state index in [-0.39, 0.29) is 5.91 Å². The molecule has 0 aliphatic rings. The second-order valence-electron chi connectivity index (χ2n) is 6.26. The molecule has 132 valence electrons. The van der Waals surface area contributed by atoms with Crippen molar-refractivity contribution in [1.29, 1.82) is 0 Å². The highest BCUT2D eigenvalue weighted by molar-refractivity contribution is 6.03. The minimum atomic E-state index is -0.176. The molecule has 0 aliphatic heterocycles. The second-order valence-corrected chi connectivity index (χ2v) is 6.26. The lowest BCUT2D eigenvalue weighted by Crippen LogP contribution is -2.13. The SMILES string of the molecule is Cc1cccc(C(=O)Nc2ccc(Nc3cccc4cccnc34)cn2)c1. The number of nitrogens with zero attached hydrogens (tertiary/aromatic N) is 2. The lowest BCUT2D eigenvalue weighted by Gasteiger charge is -2.10. The number of pyridine rings is 2. The van der Waals surface area contributed by atoms with Crippen LogP contribution in [0.5, 0.6) is 0 Å². The van der Waals surface area contributed by atoms with E-state index in [9.17, 15) is 4.79 Å². The van der Waals surface area contributed by atoms with Crippen molar-refractivity contribution >= 4 is 34.0 Å². The monoisotopic (exact) mass is 354 g/mol. The second kappa shape index (κ2) is 7.25. The third-order valence-corrected chi connectivity index (χ3v) is 4.20. The van der Waals surface area contributed by atoms with Gasteiger partial charge in [-0.3, -0.25) is 9.78 Å². The number of fused-ring (bicyclic) bond motifs is 1. The van der Waals surface area contributed by atoms with E-state index >= 15 is 0 Å². The van der Waals surface area contributed by atoms with E-state index in [4.69, 9.17) is 0 Å². The number of aromatic nitrogens is 2. The number of aryl methyl sites for hydroxylation is 1. The van der Waals surface area contributed by atoms with Crippen molar-refractivity contribution in [2.45, 2.75) is 6.92 Å². The van der Waals surface area contributed by atoms with E-state index < -0.39 is 0 Å². The van der Waals surface area contributed by atoms with E-state index in [0.29, 0.717) is 11.4 Å². The fraction of sp³-hybridized carbons (Fsp3) is 0.0455. The summed E-state index contributed by atoms with van der Waals surface area (Å²) in [5, 5.41) is 7.21. The first-order valence-electron chi connectivity index (χ1n) is 8.64. The van der Waals surface area contributed by atoms with Crippen LogP contribution in [-0.4, -0.2) is 15.9 Å². The quantitative estimate of drug-likeness (QED) is 0.545. The minimum Gasteiger partial charge on any atom is -0.352 e. The first-order chi connectivity index (χ1) is 13.2. The molecule has 0 fully saturated rings. The first-order valence-corrected chi connectivity index (χ1v) is 8.64.